The monoisotopic (exact) mass is 380 g/mol. The van der Waals surface area contributed by atoms with Crippen molar-refractivity contribution in [2.45, 2.75) is 26.4 Å². The van der Waals surface area contributed by atoms with E-state index in [1.807, 2.05) is 36.4 Å². The minimum absolute atomic E-state index is 0.190. The van der Waals surface area contributed by atoms with E-state index in [-0.39, 0.29) is 11.9 Å². The molecule has 28 heavy (non-hydrogen) atoms. The Balaban J connectivity index is 1.32. The van der Waals surface area contributed by atoms with Gasteiger partial charge >= 0.3 is 0 Å². The van der Waals surface area contributed by atoms with Crippen molar-refractivity contribution in [1.82, 2.24) is 19.9 Å². The van der Waals surface area contributed by atoms with Gasteiger partial charge in [0.05, 0.1) is 6.54 Å². The Kier molecular flexibility index (Phi) is 5.50. The largest absolute Gasteiger partial charge is 0.338 e. The van der Waals surface area contributed by atoms with Gasteiger partial charge in [0.25, 0.3) is 0 Å². The molecule has 6 heteroatoms. The molecular weight excluding hydrogens is 355 g/mol. The molecule has 1 aliphatic heterocycles. The van der Waals surface area contributed by atoms with E-state index in [4.69, 9.17) is 4.52 Å². The van der Waals surface area contributed by atoms with Crippen molar-refractivity contribution in [3.05, 3.63) is 71.4 Å². The Morgan fingerprint density at radius 1 is 1.00 bits per heavy atom. The number of aromatic nitrogens is 2. The van der Waals surface area contributed by atoms with Crippen LogP contribution in [0.5, 0.6) is 0 Å². The number of halogens is 1. The maximum atomic E-state index is 13.1. The molecule has 5 nitrogen and oxygen atoms in total. The first-order valence-corrected chi connectivity index (χ1v) is 9.70. The van der Waals surface area contributed by atoms with Crippen LogP contribution >= 0.6 is 0 Å². The van der Waals surface area contributed by atoms with E-state index in [1.165, 1.54) is 17.7 Å². The molecule has 1 fully saturated rings. The van der Waals surface area contributed by atoms with Crippen LogP contribution in [0.3, 0.4) is 0 Å². The van der Waals surface area contributed by atoms with Gasteiger partial charge in [-0.2, -0.15) is 4.98 Å². The zero-order valence-corrected chi connectivity index (χ0v) is 16.3. The number of piperazine rings is 1. The van der Waals surface area contributed by atoms with Gasteiger partial charge in [-0.1, -0.05) is 47.1 Å². The van der Waals surface area contributed by atoms with Crippen LogP contribution in [0.25, 0.3) is 11.4 Å². The molecular formula is C22H25FN4O. The average Bonchev–Trinajstić information content (AvgIpc) is 3.18. The molecule has 0 saturated carbocycles. The van der Waals surface area contributed by atoms with Crippen LogP contribution in [0.4, 0.5) is 4.39 Å². The quantitative estimate of drug-likeness (QED) is 0.668. The summed E-state index contributed by atoms with van der Waals surface area (Å²) in [5.74, 6) is 1.10. The molecule has 0 bridgehead atoms. The third-order valence-electron chi connectivity index (χ3n) is 5.44. The Morgan fingerprint density at radius 2 is 1.68 bits per heavy atom. The van der Waals surface area contributed by atoms with Crippen molar-refractivity contribution < 1.29 is 8.91 Å². The summed E-state index contributed by atoms with van der Waals surface area (Å²) in [6.07, 6.45) is 0. The first kappa shape index (κ1) is 18.8. The van der Waals surface area contributed by atoms with Crippen LogP contribution in [0, 0.1) is 12.7 Å². The molecule has 1 atom stereocenters. The molecule has 3 aromatic rings. The normalized spacial score (nSPS) is 17.0. The van der Waals surface area contributed by atoms with E-state index in [0.29, 0.717) is 18.3 Å². The lowest BCUT2D eigenvalue weighted by Gasteiger charge is -2.37. The summed E-state index contributed by atoms with van der Waals surface area (Å²) < 4.78 is 18.6. The Morgan fingerprint density at radius 3 is 2.36 bits per heavy atom. The van der Waals surface area contributed by atoms with Gasteiger partial charge < -0.3 is 4.52 Å². The van der Waals surface area contributed by atoms with Crippen LogP contribution in [0.1, 0.15) is 30.0 Å². The van der Waals surface area contributed by atoms with Gasteiger partial charge in [-0.15, -0.1) is 0 Å². The second kappa shape index (κ2) is 8.20. The highest BCUT2D eigenvalue weighted by atomic mass is 19.1. The van der Waals surface area contributed by atoms with Crippen molar-refractivity contribution in [1.29, 1.82) is 0 Å². The van der Waals surface area contributed by atoms with E-state index < -0.39 is 0 Å². The molecule has 0 aliphatic carbocycles. The highest BCUT2D eigenvalue weighted by molar-refractivity contribution is 5.54. The van der Waals surface area contributed by atoms with E-state index in [0.717, 1.165) is 37.3 Å². The van der Waals surface area contributed by atoms with E-state index in [2.05, 4.69) is 33.8 Å². The lowest BCUT2D eigenvalue weighted by Crippen LogP contribution is -2.46. The SMILES string of the molecule is Cc1ccc(-c2noc(CN3CCN(C(C)c4ccc(F)cc4)CC3)n2)cc1. The standard InChI is InChI=1S/C22H25FN4O/c1-16-3-5-19(6-4-16)22-24-21(28-25-22)15-26-11-13-27(14-12-26)17(2)18-7-9-20(23)10-8-18/h3-10,17H,11-15H2,1-2H3. The summed E-state index contributed by atoms with van der Waals surface area (Å²) in [5.41, 5.74) is 3.33. The van der Waals surface area contributed by atoms with E-state index in [9.17, 15) is 4.39 Å². The van der Waals surface area contributed by atoms with Gasteiger partial charge in [-0.3, -0.25) is 9.80 Å². The lowest BCUT2D eigenvalue weighted by molar-refractivity contribution is 0.0905. The lowest BCUT2D eigenvalue weighted by atomic mass is 10.1. The predicted octanol–water partition coefficient (Wildman–Crippen LogP) is 4.06. The Labute approximate surface area is 164 Å². The number of aryl methyl sites for hydroxylation is 1. The number of hydrogen-bond acceptors (Lipinski definition) is 5. The molecule has 2 aromatic carbocycles. The molecule has 1 saturated heterocycles. The fraction of sp³-hybridized carbons (Fsp3) is 0.364. The molecule has 0 radical (unpaired) electrons. The van der Waals surface area contributed by atoms with Gasteiger partial charge in [-0.25, -0.2) is 4.39 Å². The number of nitrogens with zero attached hydrogens (tertiary/aromatic N) is 4. The molecule has 0 spiro atoms. The summed E-state index contributed by atoms with van der Waals surface area (Å²) >= 11 is 0. The van der Waals surface area contributed by atoms with Crippen LogP contribution in [0.2, 0.25) is 0 Å². The summed E-state index contributed by atoms with van der Waals surface area (Å²) in [5, 5.41) is 4.12. The van der Waals surface area contributed by atoms with Gasteiger partial charge in [0.15, 0.2) is 0 Å². The van der Waals surface area contributed by atoms with Crippen LogP contribution in [0.15, 0.2) is 53.1 Å². The van der Waals surface area contributed by atoms with Crippen molar-refractivity contribution in [2.24, 2.45) is 0 Å². The highest BCUT2D eigenvalue weighted by Crippen LogP contribution is 2.23. The molecule has 1 aliphatic rings. The minimum Gasteiger partial charge on any atom is -0.338 e. The minimum atomic E-state index is -0.190. The molecule has 146 valence electrons. The highest BCUT2D eigenvalue weighted by Gasteiger charge is 2.23. The fourth-order valence-electron chi connectivity index (χ4n) is 3.59. The third kappa shape index (κ3) is 4.29. The Hall–Kier alpha value is -2.57. The first-order chi connectivity index (χ1) is 13.6. The molecule has 1 unspecified atom stereocenters. The second-order valence-corrected chi connectivity index (χ2v) is 7.42. The Bertz CT molecular complexity index is 899. The van der Waals surface area contributed by atoms with Crippen LogP contribution < -0.4 is 0 Å². The second-order valence-electron chi connectivity index (χ2n) is 7.42. The summed E-state index contributed by atoms with van der Waals surface area (Å²) in [4.78, 5) is 9.31. The number of rotatable bonds is 5. The zero-order valence-electron chi connectivity index (χ0n) is 16.3. The topological polar surface area (TPSA) is 45.4 Å². The van der Waals surface area contributed by atoms with Gasteiger partial charge in [0.2, 0.25) is 11.7 Å². The third-order valence-corrected chi connectivity index (χ3v) is 5.44. The van der Waals surface area contributed by atoms with Crippen molar-refractivity contribution in [3.8, 4) is 11.4 Å². The van der Waals surface area contributed by atoms with E-state index >= 15 is 0 Å². The predicted molar refractivity (Wildman–Crippen MR) is 106 cm³/mol. The van der Waals surface area contributed by atoms with Crippen molar-refractivity contribution >= 4 is 0 Å². The molecule has 0 amide bonds. The van der Waals surface area contributed by atoms with Crippen LogP contribution in [-0.4, -0.2) is 46.1 Å². The van der Waals surface area contributed by atoms with Crippen molar-refractivity contribution in [2.75, 3.05) is 26.2 Å². The van der Waals surface area contributed by atoms with Gasteiger partial charge in [0.1, 0.15) is 5.82 Å². The maximum absolute atomic E-state index is 13.1. The molecule has 0 N–H and O–H groups in total. The molecule has 4 rings (SSSR count). The maximum Gasteiger partial charge on any atom is 0.241 e. The number of benzene rings is 2. The van der Waals surface area contributed by atoms with Crippen molar-refractivity contribution in [3.63, 3.8) is 0 Å². The zero-order chi connectivity index (χ0) is 19.5. The molecule has 2 heterocycles. The van der Waals surface area contributed by atoms with Gasteiger partial charge in [-0.05, 0) is 31.5 Å². The molecule has 1 aromatic heterocycles. The summed E-state index contributed by atoms with van der Waals surface area (Å²) in [6, 6.07) is 15.2. The fourth-order valence-corrected chi connectivity index (χ4v) is 3.59. The van der Waals surface area contributed by atoms with Crippen LogP contribution in [-0.2, 0) is 6.54 Å². The summed E-state index contributed by atoms with van der Waals surface area (Å²) in [6.45, 7) is 8.69. The number of hydrogen-bond donors (Lipinski definition) is 0. The average molecular weight is 380 g/mol. The van der Waals surface area contributed by atoms with Gasteiger partial charge in [0, 0.05) is 37.8 Å². The smallest absolute Gasteiger partial charge is 0.241 e. The van der Waals surface area contributed by atoms with E-state index in [1.54, 1.807) is 0 Å². The first-order valence-electron chi connectivity index (χ1n) is 9.70. The summed E-state index contributed by atoms with van der Waals surface area (Å²) in [7, 11) is 0.